The van der Waals surface area contributed by atoms with Crippen LogP contribution in [0.5, 0.6) is 0 Å². The molecule has 2 aromatic rings. The predicted molar refractivity (Wildman–Crippen MR) is 96.4 cm³/mol. The second-order valence-corrected chi connectivity index (χ2v) is 6.86. The molecule has 1 saturated heterocycles. The highest BCUT2D eigenvalue weighted by Gasteiger charge is 2.35. The third-order valence-electron chi connectivity index (χ3n) is 5.04. The zero-order valence-corrected chi connectivity index (χ0v) is 14.7. The summed E-state index contributed by atoms with van der Waals surface area (Å²) in [4.78, 5) is 25.5. The lowest BCUT2D eigenvalue weighted by Gasteiger charge is -2.27. The molecule has 26 heavy (non-hydrogen) atoms. The van der Waals surface area contributed by atoms with Crippen molar-refractivity contribution in [2.45, 2.75) is 32.2 Å². The van der Waals surface area contributed by atoms with Crippen LogP contribution in [-0.2, 0) is 11.2 Å². The largest absolute Gasteiger partial charge is 0.478 e. The minimum Gasteiger partial charge on any atom is -0.478 e. The molecule has 2 aromatic carbocycles. The van der Waals surface area contributed by atoms with E-state index >= 15 is 0 Å². The number of carbonyl (C=O) groups is 2. The minimum atomic E-state index is -0.961. The van der Waals surface area contributed by atoms with Crippen molar-refractivity contribution in [3.63, 3.8) is 0 Å². The minimum absolute atomic E-state index is 0.0472. The molecular formula is C21H22FNO3. The van der Waals surface area contributed by atoms with E-state index in [2.05, 4.69) is 6.92 Å². The third kappa shape index (κ3) is 3.93. The van der Waals surface area contributed by atoms with Gasteiger partial charge in [-0.15, -0.1) is 0 Å². The van der Waals surface area contributed by atoms with E-state index in [1.54, 1.807) is 30.3 Å². The van der Waals surface area contributed by atoms with Gasteiger partial charge in [0.25, 0.3) is 0 Å². The van der Waals surface area contributed by atoms with Gasteiger partial charge in [0.05, 0.1) is 11.6 Å². The molecule has 136 valence electrons. The standard InChI is InChI=1S/C21H22FNO3/c1-14-11-12-23(20(14)17-3-2-4-18(22)13-17)19(24)10-7-15-5-8-16(9-6-15)21(25)26/h2-6,8-9,13-14,20H,7,10-12H2,1H3,(H,25,26). The van der Waals surface area contributed by atoms with Gasteiger partial charge in [-0.1, -0.05) is 31.2 Å². The maximum Gasteiger partial charge on any atom is 0.335 e. The molecule has 2 unspecified atom stereocenters. The van der Waals surface area contributed by atoms with Gasteiger partial charge in [-0.2, -0.15) is 0 Å². The Hall–Kier alpha value is -2.69. The number of halogens is 1. The number of hydrogen-bond acceptors (Lipinski definition) is 2. The van der Waals surface area contributed by atoms with Crippen LogP contribution in [0.15, 0.2) is 48.5 Å². The number of aryl methyl sites for hydroxylation is 1. The second kappa shape index (κ2) is 7.68. The van der Waals surface area contributed by atoms with Crippen LogP contribution in [-0.4, -0.2) is 28.4 Å². The molecule has 4 nitrogen and oxygen atoms in total. The lowest BCUT2D eigenvalue weighted by atomic mass is 9.95. The van der Waals surface area contributed by atoms with Gasteiger partial charge < -0.3 is 10.0 Å². The molecule has 1 amide bonds. The Morgan fingerprint density at radius 3 is 2.58 bits per heavy atom. The van der Waals surface area contributed by atoms with E-state index in [9.17, 15) is 14.0 Å². The van der Waals surface area contributed by atoms with Crippen LogP contribution in [0.3, 0.4) is 0 Å². The van der Waals surface area contributed by atoms with E-state index in [-0.39, 0.29) is 29.2 Å². The summed E-state index contributed by atoms with van der Waals surface area (Å²) in [6, 6.07) is 13.0. The summed E-state index contributed by atoms with van der Waals surface area (Å²) in [6.45, 7) is 2.77. The number of carbonyl (C=O) groups excluding carboxylic acids is 1. The van der Waals surface area contributed by atoms with Crippen molar-refractivity contribution < 1.29 is 19.1 Å². The van der Waals surface area contributed by atoms with E-state index in [1.807, 2.05) is 11.0 Å². The van der Waals surface area contributed by atoms with Gasteiger partial charge in [0.15, 0.2) is 0 Å². The molecule has 2 atom stereocenters. The van der Waals surface area contributed by atoms with Crippen molar-refractivity contribution in [2.24, 2.45) is 5.92 Å². The van der Waals surface area contributed by atoms with Crippen molar-refractivity contribution >= 4 is 11.9 Å². The number of rotatable bonds is 5. The lowest BCUT2D eigenvalue weighted by Crippen LogP contribution is -2.32. The first-order valence-corrected chi connectivity index (χ1v) is 8.83. The van der Waals surface area contributed by atoms with Crippen molar-refractivity contribution in [2.75, 3.05) is 6.54 Å². The van der Waals surface area contributed by atoms with Crippen LogP contribution >= 0.6 is 0 Å². The van der Waals surface area contributed by atoms with Gasteiger partial charge in [-0.25, -0.2) is 9.18 Å². The van der Waals surface area contributed by atoms with Crippen molar-refractivity contribution in [3.8, 4) is 0 Å². The first-order chi connectivity index (χ1) is 12.5. The zero-order valence-electron chi connectivity index (χ0n) is 14.7. The number of carboxylic acids is 1. The van der Waals surface area contributed by atoms with Crippen LogP contribution < -0.4 is 0 Å². The molecule has 0 saturated carbocycles. The number of benzene rings is 2. The fourth-order valence-electron chi connectivity index (χ4n) is 3.63. The molecule has 1 aliphatic rings. The van der Waals surface area contributed by atoms with Gasteiger partial charge in [0.1, 0.15) is 5.82 Å². The van der Waals surface area contributed by atoms with E-state index < -0.39 is 5.97 Å². The number of likely N-dealkylation sites (tertiary alicyclic amines) is 1. The highest BCUT2D eigenvalue weighted by atomic mass is 19.1. The average Bonchev–Trinajstić information content (AvgIpc) is 3.01. The maximum absolute atomic E-state index is 13.6. The van der Waals surface area contributed by atoms with E-state index in [0.29, 0.717) is 19.4 Å². The van der Waals surface area contributed by atoms with Gasteiger partial charge in [-0.3, -0.25) is 4.79 Å². The SMILES string of the molecule is CC1CCN(C(=O)CCc2ccc(C(=O)O)cc2)C1c1cccc(F)c1. The highest BCUT2D eigenvalue weighted by molar-refractivity contribution is 5.87. The third-order valence-corrected chi connectivity index (χ3v) is 5.04. The second-order valence-electron chi connectivity index (χ2n) is 6.86. The van der Waals surface area contributed by atoms with E-state index in [4.69, 9.17) is 5.11 Å². The van der Waals surface area contributed by atoms with Gasteiger partial charge in [0, 0.05) is 13.0 Å². The van der Waals surface area contributed by atoms with Crippen LogP contribution in [0.2, 0.25) is 0 Å². The van der Waals surface area contributed by atoms with Crippen molar-refractivity contribution in [3.05, 3.63) is 71.0 Å². The topological polar surface area (TPSA) is 57.6 Å². The number of amides is 1. The Morgan fingerprint density at radius 1 is 1.19 bits per heavy atom. The molecule has 0 bridgehead atoms. The number of aromatic carboxylic acids is 1. The molecule has 0 radical (unpaired) electrons. The van der Waals surface area contributed by atoms with E-state index in [1.165, 1.54) is 12.1 Å². The Bertz CT molecular complexity index is 803. The zero-order chi connectivity index (χ0) is 18.7. The summed E-state index contributed by atoms with van der Waals surface area (Å²) in [5.74, 6) is -0.911. The Kier molecular flexibility index (Phi) is 5.35. The van der Waals surface area contributed by atoms with Gasteiger partial charge >= 0.3 is 5.97 Å². The molecule has 1 aliphatic heterocycles. The molecule has 0 aromatic heterocycles. The molecule has 1 heterocycles. The molecular weight excluding hydrogens is 333 g/mol. The normalized spacial score (nSPS) is 19.5. The molecule has 5 heteroatoms. The quantitative estimate of drug-likeness (QED) is 0.880. The maximum atomic E-state index is 13.6. The number of hydrogen-bond donors (Lipinski definition) is 1. The number of carboxylic acid groups (broad SMARTS) is 1. The Morgan fingerprint density at radius 2 is 1.92 bits per heavy atom. The fourth-order valence-corrected chi connectivity index (χ4v) is 3.63. The fraction of sp³-hybridized carbons (Fsp3) is 0.333. The first kappa shape index (κ1) is 18.1. The summed E-state index contributed by atoms with van der Waals surface area (Å²) in [6.07, 6.45) is 1.81. The summed E-state index contributed by atoms with van der Waals surface area (Å²) in [7, 11) is 0. The molecule has 0 spiro atoms. The Balaban J connectivity index is 1.67. The predicted octanol–water partition coefficient (Wildman–Crippen LogP) is 4.07. The molecule has 3 rings (SSSR count). The summed E-state index contributed by atoms with van der Waals surface area (Å²) >= 11 is 0. The summed E-state index contributed by atoms with van der Waals surface area (Å²) in [5, 5.41) is 8.93. The van der Waals surface area contributed by atoms with Crippen LogP contribution in [0.4, 0.5) is 4.39 Å². The first-order valence-electron chi connectivity index (χ1n) is 8.83. The summed E-state index contributed by atoms with van der Waals surface area (Å²) < 4.78 is 13.6. The lowest BCUT2D eigenvalue weighted by molar-refractivity contribution is -0.132. The van der Waals surface area contributed by atoms with Crippen molar-refractivity contribution in [1.82, 2.24) is 4.90 Å². The molecule has 1 N–H and O–H groups in total. The monoisotopic (exact) mass is 355 g/mol. The van der Waals surface area contributed by atoms with Gasteiger partial charge in [0.2, 0.25) is 5.91 Å². The Labute approximate surface area is 152 Å². The summed E-state index contributed by atoms with van der Waals surface area (Å²) in [5.41, 5.74) is 2.01. The highest BCUT2D eigenvalue weighted by Crippen LogP contribution is 2.37. The van der Waals surface area contributed by atoms with Crippen LogP contribution in [0.25, 0.3) is 0 Å². The number of nitrogens with zero attached hydrogens (tertiary/aromatic N) is 1. The smallest absolute Gasteiger partial charge is 0.335 e. The van der Waals surface area contributed by atoms with Gasteiger partial charge in [-0.05, 0) is 54.2 Å². The molecule has 1 fully saturated rings. The van der Waals surface area contributed by atoms with Crippen molar-refractivity contribution in [1.29, 1.82) is 0 Å². The van der Waals surface area contributed by atoms with Crippen LogP contribution in [0, 0.1) is 11.7 Å². The molecule has 0 aliphatic carbocycles. The van der Waals surface area contributed by atoms with Crippen LogP contribution in [0.1, 0.15) is 47.3 Å². The van der Waals surface area contributed by atoms with E-state index in [0.717, 1.165) is 17.5 Å². The average molecular weight is 355 g/mol.